The number of amides is 2. The fraction of sp³-hybridized carbons (Fsp3) is 0.238. The lowest BCUT2D eigenvalue weighted by atomic mass is 10.2. The van der Waals surface area contributed by atoms with Gasteiger partial charge in [0.15, 0.2) is 0 Å². The first-order chi connectivity index (χ1) is 14.9. The Morgan fingerprint density at radius 2 is 1.90 bits per heavy atom. The Kier molecular flexibility index (Phi) is 7.14. The zero-order chi connectivity index (χ0) is 22.3. The Labute approximate surface area is 181 Å². The highest BCUT2D eigenvalue weighted by Crippen LogP contribution is 2.28. The number of sulfonamides is 1. The monoisotopic (exact) mass is 443 g/mol. The van der Waals surface area contributed by atoms with Crippen molar-refractivity contribution in [2.45, 2.75) is 13.3 Å². The van der Waals surface area contributed by atoms with Crippen molar-refractivity contribution in [3.63, 3.8) is 0 Å². The maximum absolute atomic E-state index is 12.2. The minimum absolute atomic E-state index is 0.0534. The summed E-state index contributed by atoms with van der Waals surface area (Å²) in [5.41, 5.74) is 2.61. The highest BCUT2D eigenvalue weighted by Gasteiger charge is 2.12. The van der Waals surface area contributed by atoms with Crippen LogP contribution in [0.3, 0.4) is 0 Å². The SMILES string of the molecule is CCS(=O)(=O)Nc1ccc(NC(=O)NCCc2ccn(-c3ccccc3)n2)cc1OC. The molecule has 2 amide bonds. The number of methoxy groups -OCH3 is 1. The van der Waals surface area contributed by atoms with Crippen molar-refractivity contribution < 1.29 is 17.9 Å². The number of anilines is 2. The number of aromatic nitrogens is 2. The summed E-state index contributed by atoms with van der Waals surface area (Å²) in [6.07, 6.45) is 2.46. The minimum atomic E-state index is -3.43. The Hall–Kier alpha value is -3.53. The van der Waals surface area contributed by atoms with E-state index in [1.807, 2.05) is 42.6 Å². The minimum Gasteiger partial charge on any atom is -0.494 e. The van der Waals surface area contributed by atoms with Crippen LogP contribution in [-0.2, 0) is 16.4 Å². The molecule has 0 spiro atoms. The fourth-order valence-electron chi connectivity index (χ4n) is 2.79. The third-order valence-corrected chi connectivity index (χ3v) is 5.73. The molecule has 2 aromatic carbocycles. The summed E-state index contributed by atoms with van der Waals surface area (Å²) < 4.78 is 33.0. The summed E-state index contributed by atoms with van der Waals surface area (Å²) in [7, 11) is -2.00. The van der Waals surface area contributed by atoms with Gasteiger partial charge in [-0.15, -0.1) is 0 Å². The lowest BCUT2D eigenvalue weighted by molar-refractivity contribution is 0.252. The van der Waals surface area contributed by atoms with Gasteiger partial charge in [0.2, 0.25) is 10.0 Å². The molecule has 31 heavy (non-hydrogen) atoms. The van der Waals surface area contributed by atoms with Gasteiger partial charge in [0.25, 0.3) is 0 Å². The van der Waals surface area contributed by atoms with Crippen molar-refractivity contribution in [1.29, 1.82) is 0 Å². The second-order valence-electron chi connectivity index (χ2n) is 6.64. The van der Waals surface area contributed by atoms with Crippen LogP contribution in [-0.4, -0.2) is 43.6 Å². The topological polar surface area (TPSA) is 114 Å². The maximum atomic E-state index is 12.2. The lowest BCUT2D eigenvalue weighted by Gasteiger charge is -2.13. The van der Waals surface area contributed by atoms with Gasteiger partial charge in [0.1, 0.15) is 5.75 Å². The molecule has 0 aliphatic rings. The van der Waals surface area contributed by atoms with E-state index in [2.05, 4.69) is 20.5 Å². The standard InChI is InChI=1S/C21H25N5O4S/c1-3-31(28,29)25-19-10-9-17(15-20(19)30-2)23-21(27)22-13-11-16-12-14-26(24-16)18-7-5-4-6-8-18/h4-10,12,14-15,25H,3,11,13H2,1-2H3,(H2,22,23,27). The summed E-state index contributed by atoms with van der Waals surface area (Å²) in [5.74, 6) is 0.253. The first-order valence-electron chi connectivity index (χ1n) is 9.73. The van der Waals surface area contributed by atoms with E-state index in [1.165, 1.54) is 13.2 Å². The molecule has 0 saturated heterocycles. The molecule has 0 unspecified atom stereocenters. The number of nitrogens with one attached hydrogen (secondary N) is 3. The zero-order valence-corrected chi connectivity index (χ0v) is 18.1. The fourth-order valence-corrected chi connectivity index (χ4v) is 3.44. The van der Waals surface area contributed by atoms with Crippen molar-refractivity contribution in [3.8, 4) is 11.4 Å². The van der Waals surface area contributed by atoms with Crippen molar-refractivity contribution in [1.82, 2.24) is 15.1 Å². The maximum Gasteiger partial charge on any atom is 0.319 e. The van der Waals surface area contributed by atoms with Gasteiger partial charge >= 0.3 is 6.03 Å². The van der Waals surface area contributed by atoms with Crippen molar-refractivity contribution in [3.05, 3.63) is 66.5 Å². The number of benzene rings is 2. The number of nitrogens with zero attached hydrogens (tertiary/aromatic N) is 2. The Morgan fingerprint density at radius 1 is 1.13 bits per heavy atom. The van der Waals surface area contributed by atoms with E-state index in [0.29, 0.717) is 30.1 Å². The molecule has 1 aromatic heterocycles. The molecule has 3 N–H and O–H groups in total. The highest BCUT2D eigenvalue weighted by molar-refractivity contribution is 7.92. The quantitative estimate of drug-likeness (QED) is 0.470. The molecular weight excluding hydrogens is 418 g/mol. The first kappa shape index (κ1) is 22.2. The van der Waals surface area contributed by atoms with E-state index < -0.39 is 10.0 Å². The number of hydrogen-bond donors (Lipinski definition) is 3. The van der Waals surface area contributed by atoms with Crippen LogP contribution in [0.4, 0.5) is 16.2 Å². The van der Waals surface area contributed by atoms with Crippen LogP contribution < -0.4 is 20.1 Å². The molecule has 0 bridgehead atoms. The number of rotatable bonds is 9. The number of hydrogen-bond acceptors (Lipinski definition) is 5. The Bertz CT molecular complexity index is 1130. The van der Waals surface area contributed by atoms with Crippen LogP contribution in [0.2, 0.25) is 0 Å². The summed E-state index contributed by atoms with van der Waals surface area (Å²) in [5, 5.41) is 9.98. The molecule has 0 atom stereocenters. The van der Waals surface area contributed by atoms with Gasteiger partial charge in [-0.05, 0) is 37.3 Å². The number of urea groups is 1. The van der Waals surface area contributed by atoms with Crippen molar-refractivity contribution >= 4 is 27.4 Å². The van der Waals surface area contributed by atoms with E-state index in [-0.39, 0.29) is 11.8 Å². The third kappa shape index (κ3) is 6.22. The third-order valence-electron chi connectivity index (χ3n) is 4.44. The predicted molar refractivity (Wildman–Crippen MR) is 120 cm³/mol. The first-order valence-corrected chi connectivity index (χ1v) is 11.4. The van der Waals surface area contributed by atoms with Gasteiger partial charge in [0, 0.05) is 30.9 Å². The largest absolute Gasteiger partial charge is 0.494 e. The lowest BCUT2D eigenvalue weighted by Crippen LogP contribution is -2.30. The molecule has 0 radical (unpaired) electrons. The Balaban J connectivity index is 1.52. The Morgan fingerprint density at radius 3 is 2.61 bits per heavy atom. The molecule has 9 nitrogen and oxygen atoms in total. The molecular formula is C21H25N5O4S. The molecule has 0 aliphatic carbocycles. The number of para-hydroxylation sites is 1. The van der Waals surface area contributed by atoms with E-state index in [9.17, 15) is 13.2 Å². The molecule has 0 aliphatic heterocycles. The number of carbonyl (C=O) groups is 1. The number of carbonyl (C=O) groups excluding carboxylic acids is 1. The molecule has 1 heterocycles. The van der Waals surface area contributed by atoms with Crippen molar-refractivity contribution in [2.75, 3.05) is 29.4 Å². The molecule has 0 fully saturated rings. The summed E-state index contributed by atoms with van der Waals surface area (Å²) in [6, 6.07) is 16.0. The van der Waals surface area contributed by atoms with E-state index >= 15 is 0 Å². The van der Waals surface area contributed by atoms with E-state index in [0.717, 1.165) is 11.4 Å². The molecule has 0 saturated carbocycles. The predicted octanol–water partition coefficient (Wildman–Crippen LogP) is 3.01. The van der Waals surface area contributed by atoms with Crippen LogP contribution in [0.1, 0.15) is 12.6 Å². The van der Waals surface area contributed by atoms with E-state index in [1.54, 1.807) is 23.7 Å². The van der Waals surface area contributed by atoms with Gasteiger partial charge in [-0.1, -0.05) is 18.2 Å². The second kappa shape index (κ2) is 9.98. The summed E-state index contributed by atoms with van der Waals surface area (Å²) in [4.78, 5) is 12.2. The number of ether oxygens (including phenoxy) is 1. The van der Waals surface area contributed by atoms with Gasteiger partial charge in [-0.3, -0.25) is 4.72 Å². The molecule has 3 aromatic rings. The average Bonchev–Trinajstić information content (AvgIpc) is 3.24. The summed E-state index contributed by atoms with van der Waals surface area (Å²) >= 11 is 0. The molecule has 164 valence electrons. The van der Waals surface area contributed by atoms with Gasteiger partial charge in [0.05, 0.1) is 29.9 Å². The van der Waals surface area contributed by atoms with Crippen LogP contribution in [0.5, 0.6) is 5.75 Å². The average molecular weight is 444 g/mol. The van der Waals surface area contributed by atoms with Crippen LogP contribution >= 0.6 is 0 Å². The van der Waals surface area contributed by atoms with Crippen LogP contribution in [0.15, 0.2) is 60.8 Å². The second-order valence-corrected chi connectivity index (χ2v) is 8.65. The molecule has 3 rings (SSSR count). The molecule has 10 heteroatoms. The zero-order valence-electron chi connectivity index (χ0n) is 17.3. The van der Waals surface area contributed by atoms with E-state index in [4.69, 9.17) is 4.74 Å². The van der Waals surface area contributed by atoms with Gasteiger partial charge < -0.3 is 15.4 Å². The van der Waals surface area contributed by atoms with Crippen LogP contribution in [0.25, 0.3) is 5.69 Å². The smallest absolute Gasteiger partial charge is 0.319 e. The van der Waals surface area contributed by atoms with Gasteiger partial charge in [-0.2, -0.15) is 5.10 Å². The van der Waals surface area contributed by atoms with Crippen LogP contribution in [0, 0.1) is 0 Å². The van der Waals surface area contributed by atoms with Crippen molar-refractivity contribution in [2.24, 2.45) is 0 Å². The highest BCUT2D eigenvalue weighted by atomic mass is 32.2. The summed E-state index contributed by atoms with van der Waals surface area (Å²) in [6.45, 7) is 1.95. The van der Waals surface area contributed by atoms with Gasteiger partial charge in [-0.25, -0.2) is 17.9 Å². The normalized spacial score (nSPS) is 11.0.